The topological polar surface area (TPSA) is 46.4 Å². The highest BCUT2D eigenvalue weighted by Crippen LogP contribution is 2.33. The van der Waals surface area contributed by atoms with E-state index >= 15 is 0 Å². The molecular formula is C17H32N2O2. The Hall–Kier alpha value is -1.06. The number of nitro groups is 1. The summed E-state index contributed by atoms with van der Waals surface area (Å²) in [6.07, 6.45) is 12.6. The molecule has 1 aliphatic carbocycles. The highest BCUT2D eigenvalue weighted by atomic mass is 16.6. The zero-order valence-electron chi connectivity index (χ0n) is 14.2. The van der Waals surface area contributed by atoms with E-state index in [1.807, 2.05) is 25.2 Å². The predicted octanol–water partition coefficient (Wildman–Crippen LogP) is 4.48. The molecule has 0 bridgehead atoms. The zero-order chi connectivity index (χ0) is 15.9. The number of rotatable bonds is 3. The van der Waals surface area contributed by atoms with Crippen LogP contribution in [0.2, 0.25) is 0 Å². The highest BCUT2D eigenvalue weighted by Gasteiger charge is 2.32. The maximum absolute atomic E-state index is 11.5. The maximum Gasteiger partial charge on any atom is 0.219 e. The highest BCUT2D eigenvalue weighted by molar-refractivity contribution is 4.92. The van der Waals surface area contributed by atoms with Crippen LogP contribution < -0.4 is 0 Å². The fourth-order valence-electron chi connectivity index (χ4n) is 3.18. The van der Waals surface area contributed by atoms with E-state index in [1.54, 1.807) is 0 Å². The third-order valence-corrected chi connectivity index (χ3v) is 4.65. The van der Waals surface area contributed by atoms with Gasteiger partial charge in [-0.15, -0.1) is 0 Å². The van der Waals surface area contributed by atoms with Crippen molar-refractivity contribution in [3.05, 3.63) is 22.4 Å². The normalized spacial score (nSPS) is 28.0. The molecule has 0 amide bonds. The van der Waals surface area contributed by atoms with Gasteiger partial charge in [0.1, 0.15) is 0 Å². The molecule has 122 valence electrons. The van der Waals surface area contributed by atoms with Crippen LogP contribution in [-0.2, 0) is 0 Å². The number of hydrogen-bond donors (Lipinski definition) is 0. The van der Waals surface area contributed by atoms with Crippen molar-refractivity contribution in [1.82, 2.24) is 4.90 Å². The quantitative estimate of drug-likeness (QED) is 0.569. The molecule has 4 heteroatoms. The van der Waals surface area contributed by atoms with Crippen LogP contribution in [0.4, 0.5) is 0 Å². The van der Waals surface area contributed by atoms with Gasteiger partial charge >= 0.3 is 0 Å². The average Bonchev–Trinajstić information content (AvgIpc) is 2.40. The van der Waals surface area contributed by atoms with Gasteiger partial charge in [-0.25, -0.2) is 0 Å². The number of nitrogens with zero attached hydrogens (tertiary/aromatic N) is 2. The van der Waals surface area contributed by atoms with Gasteiger partial charge in [0.05, 0.1) is 0 Å². The van der Waals surface area contributed by atoms with Gasteiger partial charge in [-0.05, 0) is 30.9 Å². The maximum atomic E-state index is 11.5. The summed E-state index contributed by atoms with van der Waals surface area (Å²) < 4.78 is 0. The van der Waals surface area contributed by atoms with E-state index in [0.717, 1.165) is 19.3 Å². The molecule has 1 fully saturated rings. The lowest BCUT2D eigenvalue weighted by Gasteiger charge is -2.26. The Labute approximate surface area is 129 Å². The lowest BCUT2D eigenvalue weighted by atomic mass is 9.80. The van der Waals surface area contributed by atoms with Gasteiger partial charge in [-0.3, -0.25) is 10.1 Å². The van der Waals surface area contributed by atoms with Crippen molar-refractivity contribution in [3.63, 3.8) is 0 Å². The third-order valence-electron chi connectivity index (χ3n) is 4.65. The van der Waals surface area contributed by atoms with Crippen LogP contribution in [0.15, 0.2) is 12.3 Å². The zero-order valence-corrected chi connectivity index (χ0v) is 14.2. The second kappa shape index (κ2) is 8.40. The van der Waals surface area contributed by atoms with Crippen LogP contribution in [0, 0.1) is 21.4 Å². The van der Waals surface area contributed by atoms with Crippen LogP contribution >= 0.6 is 0 Å². The van der Waals surface area contributed by atoms with Gasteiger partial charge in [-0.2, -0.15) is 0 Å². The Balaban J connectivity index is 2.85. The van der Waals surface area contributed by atoms with Crippen molar-refractivity contribution in [1.29, 1.82) is 0 Å². The minimum Gasteiger partial charge on any atom is -0.384 e. The molecule has 0 aromatic heterocycles. The summed E-state index contributed by atoms with van der Waals surface area (Å²) in [7, 11) is 3.93. The Bertz CT molecular complexity index is 351. The first-order valence-electron chi connectivity index (χ1n) is 8.30. The van der Waals surface area contributed by atoms with Crippen LogP contribution in [0.3, 0.4) is 0 Å². The lowest BCUT2D eigenvalue weighted by Crippen LogP contribution is -2.30. The summed E-state index contributed by atoms with van der Waals surface area (Å²) in [6, 6.07) is -0.432. The van der Waals surface area contributed by atoms with E-state index in [2.05, 4.69) is 19.9 Å². The molecule has 0 aromatic carbocycles. The summed E-state index contributed by atoms with van der Waals surface area (Å²) in [6.45, 7) is 4.51. The summed E-state index contributed by atoms with van der Waals surface area (Å²) in [4.78, 5) is 13.4. The molecule has 1 aliphatic rings. The molecule has 0 aliphatic heterocycles. The summed E-state index contributed by atoms with van der Waals surface area (Å²) in [5, 5.41) is 11.5. The molecule has 1 saturated carbocycles. The second-order valence-electron chi connectivity index (χ2n) is 7.48. The van der Waals surface area contributed by atoms with Crippen molar-refractivity contribution >= 4 is 0 Å². The molecule has 0 spiro atoms. The van der Waals surface area contributed by atoms with Gasteiger partial charge in [0.15, 0.2) is 0 Å². The van der Waals surface area contributed by atoms with Gasteiger partial charge < -0.3 is 4.90 Å². The Morgan fingerprint density at radius 1 is 1.10 bits per heavy atom. The van der Waals surface area contributed by atoms with E-state index in [1.165, 1.54) is 25.7 Å². The molecule has 0 heterocycles. The fourth-order valence-corrected chi connectivity index (χ4v) is 3.18. The van der Waals surface area contributed by atoms with Crippen molar-refractivity contribution in [2.24, 2.45) is 11.3 Å². The average molecular weight is 296 g/mol. The van der Waals surface area contributed by atoms with Crippen LogP contribution in [0.25, 0.3) is 0 Å². The van der Waals surface area contributed by atoms with Crippen LogP contribution in [0.5, 0.6) is 0 Å². The molecular weight excluding hydrogens is 264 g/mol. The van der Waals surface area contributed by atoms with E-state index in [4.69, 9.17) is 0 Å². The van der Waals surface area contributed by atoms with E-state index in [9.17, 15) is 10.1 Å². The first-order chi connectivity index (χ1) is 9.82. The smallest absolute Gasteiger partial charge is 0.219 e. The molecule has 21 heavy (non-hydrogen) atoms. The van der Waals surface area contributed by atoms with Crippen molar-refractivity contribution in [3.8, 4) is 0 Å². The van der Waals surface area contributed by atoms with Crippen LogP contribution in [-0.4, -0.2) is 30.0 Å². The lowest BCUT2D eigenvalue weighted by molar-refractivity contribution is -0.531. The molecule has 2 unspecified atom stereocenters. The van der Waals surface area contributed by atoms with Crippen molar-refractivity contribution in [2.45, 2.75) is 71.3 Å². The van der Waals surface area contributed by atoms with E-state index in [0.29, 0.717) is 6.42 Å². The second-order valence-corrected chi connectivity index (χ2v) is 7.48. The molecule has 2 atom stereocenters. The SMILES string of the molecule is CN(C)/C=C/C1CCCCCCC(C)(C)CCC1[N+](=O)[O-]. The third kappa shape index (κ3) is 6.96. The predicted molar refractivity (Wildman–Crippen MR) is 87.8 cm³/mol. The Morgan fingerprint density at radius 3 is 2.38 bits per heavy atom. The molecule has 0 N–H and O–H groups in total. The molecule has 1 rings (SSSR count). The molecule has 0 aromatic rings. The minimum atomic E-state index is -0.432. The molecule has 4 nitrogen and oxygen atoms in total. The van der Waals surface area contributed by atoms with Gasteiger partial charge in [0.2, 0.25) is 6.04 Å². The monoisotopic (exact) mass is 296 g/mol. The Kier molecular flexibility index (Phi) is 7.20. The van der Waals surface area contributed by atoms with E-state index < -0.39 is 6.04 Å². The summed E-state index contributed by atoms with van der Waals surface area (Å²) in [5.74, 6) is 0.0660. The van der Waals surface area contributed by atoms with E-state index in [-0.39, 0.29) is 16.3 Å². The molecule has 0 saturated heterocycles. The van der Waals surface area contributed by atoms with Crippen molar-refractivity contribution in [2.75, 3.05) is 14.1 Å². The largest absolute Gasteiger partial charge is 0.384 e. The van der Waals surface area contributed by atoms with Crippen LogP contribution in [0.1, 0.15) is 65.2 Å². The van der Waals surface area contributed by atoms with Gasteiger partial charge in [-0.1, -0.05) is 45.6 Å². The molecule has 0 radical (unpaired) electrons. The summed E-state index contributed by atoms with van der Waals surface area (Å²) in [5.41, 5.74) is 0.231. The minimum absolute atomic E-state index is 0.0430. The van der Waals surface area contributed by atoms with Gasteiger partial charge in [0, 0.05) is 31.4 Å². The van der Waals surface area contributed by atoms with Crippen molar-refractivity contribution < 1.29 is 4.92 Å². The fraction of sp³-hybridized carbons (Fsp3) is 0.882. The summed E-state index contributed by atoms with van der Waals surface area (Å²) >= 11 is 0. The Morgan fingerprint density at radius 2 is 1.76 bits per heavy atom. The number of hydrogen-bond acceptors (Lipinski definition) is 3. The van der Waals surface area contributed by atoms with Gasteiger partial charge in [0.25, 0.3) is 0 Å². The standard InChI is InChI=1S/C17H32N2O2/c1-17(2)12-8-6-5-7-9-15(11-14-18(3)4)16(10-13-17)19(20)21/h11,14-16H,5-10,12-13H2,1-4H3/b14-11+. The first-order valence-corrected chi connectivity index (χ1v) is 8.30. The first kappa shape index (κ1) is 18.0.